The van der Waals surface area contributed by atoms with Crippen LogP contribution >= 0.6 is 0 Å². The molecule has 0 N–H and O–H groups in total. The van der Waals surface area contributed by atoms with Crippen LogP contribution in [0.2, 0.25) is 0 Å². The Bertz CT molecular complexity index is 330. The second-order valence-electron chi connectivity index (χ2n) is 5.41. The summed E-state index contributed by atoms with van der Waals surface area (Å²) in [5, 5.41) is 0. The molecule has 2 atom stereocenters. The van der Waals surface area contributed by atoms with Crippen LogP contribution in [-0.2, 0) is 0 Å². The van der Waals surface area contributed by atoms with Crippen LogP contribution in [0.15, 0.2) is 16.8 Å². The molecule has 1 aliphatic heterocycles. The van der Waals surface area contributed by atoms with Gasteiger partial charge in [-0.2, -0.15) is 0 Å². The molecule has 0 amide bonds. The summed E-state index contributed by atoms with van der Waals surface area (Å²) in [5.74, 6) is 1.28. The van der Waals surface area contributed by atoms with Crippen molar-refractivity contribution in [1.82, 2.24) is 4.90 Å². The van der Waals surface area contributed by atoms with Crippen molar-refractivity contribution >= 4 is 5.84 Å². The normalized spacial score (nSPS) is 34.4. The van der Waals surface area contributed by atoms with Crippen LogP contribution in [0.5, 0.6) is 0 Å². The molecule has 0 aromatic heterocycles. The van der Waals surface area contributed by atoms with E-state index in [-0.39, 0.29) is 0 Å². The summed E-state index contributed by atoms with van der Waals surface area (Å²) in [5.41, 5.74) is 1.57. The summed E-state index contributed by atoms with van der Waals surface area (Å²) < 4.78 is 0. The van der Waals surface area contributed by atoms with Crippen molar-refractivity contribution in [2.75, 3.05) is 0 Å². The van der Waals surface area contributed by atoms with E-state index in [2.05, 4.69) is 17.9 Å². The van der Waals surface area contributed by atoms with Gasteiger partial charge in [0.05, 0.1) is 12.1 Å². The quantitative estimate of drug-likeness (QED) is 0.658. The van der Waals surface area contributed by atoms with Gasteiger partial charge in [0.2, 0.25) is 0 Å². The summed E-state index contributed by atoms with van der Waals surface area (Å²) in [6.07, 6.45) is 13.2. The first-order chi connectivity index (χ1) is 7.86. The number of allylic oxidation sites excluding steroid dienone is 2. The predicted octanol–water partition coefficient (Wildman–Crippen LogP) is 3.49. The molecular formula is C14H22N2. The second kappa shape index (κ2) is 4.23. The molecule has 0 aromatic rings. The van der Waals surface area contributed by atoms with Crippen LogP contribution in [-0.4, -0.2) is 22.8 Å². The lowest BCUT2D eigenvalue weighted by molar-refractivity contribution is 0.271. The highest BCUT2D eigenvalue weighted by atomic mass is 15.3. The predicted molar refractivity (Wildman–Crippen MR) is 67.5 cm³/mol. The van der Waals surface area contributed by atoms with Crippen LogP contribution in [0.3, 0.4) is 0 Å². The Morgan fingerprint density at radius 1 is 1.19 bits per heavy atom. The molecule has 88 valence electrons. The van der Waals surface area contributed by atoms with Crippen molar-refractivity contribution < 1.29 is 0 Å². The van der Waals surface area contributed by atoms with E-state index in [4.69, 9.17) is 4.99 Å². The molecular weight excluding hydrogens is 196 g/mol. The number of fused-ring (bicyclic) bond motifs is 1. The third kappa shape index (κ3) is 1.68. The summed E-state index contributed by atoms with van der Waals surface area (Å²) in [6.45, 7) is 2.20. The summed E-state index contributed by atoms with van der Waals surface area (Å²) in [7, 11) is 0. The van der Waals surface area contributed by atoms with Crippen LogP contribution in [0.25, 0.3) is 0 Å². The summed E-state index contributed by atoms with van der Waals surface area (Å²) in [6, 6.07) is 1.31. The number of rotatable bonds is 1. The zero-order valence-electron chi connectivity index (χ0n) is 10.3. The number of hydrogen-bond donors (Lipinski definition) is 0. The van der Waals surface area contributed by atoms with Gasteiger partial charge in [-0.15, -0.1) is 0 Å². The van der Waals surface area contributed by atoms with Crippen LogP contribution in [0.1, 0.15) is 58.3 Å². The molecule has 2 aliphatic carbocycles. The Hall–Kier alpha value is -0.790. The molecule has 0 aromatic carbocycles. The van der Waals surface area contributed by atoms with Gasteiger partial charge in [-0.05, 0) is 45.4 Å². The fourth-order valence-electron chi connectivity index (χ4n) is 3.55. The molecule has 0 saturated heterocycles. The molecule has 0 spiro atoms. The lowest BCUT2D eigenvalue weighted by atomic mass is 9.90. The van der Waals surface area contributed by atoms with Gasteiger partial charge < -0.3 is 4.90 Å². The minimum Gasteiger partial charge on any atom is -0.329 e. The van der Waals surface area contributed by atoms with Crippen molar-refractivity contribution in [3.63, 3.8) is 0 Å². The van der Waals surface area contributed by atoms with E-state index < -0.39 is 0 Å². The number of aliphatic imine (C=N–C) groups is 1. The van der Waals surface area contributed by atoms with Crippen molar-refractivity contribution in [3.05, 3.63) is 11.8 Å². The molecule has 1 fully saturated rings. The standard InChI is InChI=1S/C14H22N2/c1-11-15-13-9-5-6-10-14(13)16(11)12-7-3-2-4-8-12/h7,13-14H,2-6,8-10H2,1H3. The topological polar surface area (TPSA) is 15.6 Å². The maximum atomic E-state index is 4.87. The Morgan fingerprint density at radius 3 is 2.88 bits per heavy atom. The zero-order chi connectivity index (χ0) is 11.0. The van der Waals surface area contributed by atoms with Crippen molar-refractivity contribution in [2.24, 2.45) is 4.99 Å². The first-order valence-corrected chi connectivity index (χ1v) is 6.89. The van der Waals surface area contributed by atoms with Crippen LogP contribution in [0, 0.1) is 0 Å². The molecule has 0 bridgehead atoms. The van der Waals surface area contributed by atoms with Gasteiger partial charge in [-0.1, -0.05) is 18.9 Å². The average molecular weight is 218 g/mol. The largest absolute Gasteiger partial charge is 0.329 e. The minimum absolute atomic E-state index is 0.608. The van der Waals surface area contributed by atoms with E-state index in [1.54, 1.807) is 5.70 Å². The van der Waals surface area contributed by atoms with Gasteiger partial charge in [0.15, 0.2) is 0 Å². The summed E-state index contributed by atoms with van der Waals surface area (Å²) in [4.78, 5) is 7.44. The van der Waals surface area contributed by atoms with Gasteiger partial charge >= 0.3 is 0 Å². The molecule has 16 heavy (non-hydrogen) atoms. The second-order valence-corrected chi connectivity index (χ2v) is 5.41. The lowest BCUT2D eigenvalue weighted by Gasteiger charge is -2.35. The molecule has 3 rings (SSSR count). The monoisotopic (exact) mass is 218 g/mol. The fourth-order valence-corrected chi connectivity index (χ4v) is 3.55. The molecule has 2 nitrogen and oxygen atoms in total. The SMILES string of the molecule is CC1=NC2CCCCC2N1C1=CCCCC1. The van der Waals surface area contributed by atoms with E-state index in [1.807, 2.05) is 0 Å². The molecule has 2 unspecified atom stereocenters. The fraction of sp³-hybridized carbons (Fsp3) is 0.786. The highest BCUT2D eigenvalue weighted by Crippen LogP contribution is 2.35. The molecule has 1 heterocycles. The number of nitrogens with zero attached hydrogens (tertiary/aromatic N) is 2. The van der Waals surface area contributed by atoms with Gasteiger partial charge in [0.25, 0.3) is 0 Å². The highest BCUT2D eigenvalue weighted by molar-refractivity contribution is 5.84. The number of amidine groups is 1. The van der Waals surface area contributed by atoms with Crippen molar-refractivity contribution in [3.8, 4) is 0 Å². The molecule has 1 saturated carbocycles. The Balaban J connectivity index is 1.83. The van der Waals surface area contributed by atoms with Gasteiger partial charge in [-0.25, -0.2) is 0 Å². The maximum absolute atomic E-state index is 4.87. The van der Waals surface area contributed by atoms with Gasteiger partial charge in [-0.3, -0.25) is 4.99 Å². The lowest BCUT2D eigenvalue weighted by Crippen LogP contribution is -2.40. The van der Waals surface area contributed by atoms with Crippen molar-refractivity contribution in [1.29, 1.82) is 0 Å². The Kier molecular flexibility index (Phi) is 2.74. The molecule has 2 heteroatoms. The molecule has 3 aliphatic rings. The van der Waals surface area contributed by atoms with E-state index in [0.717, 1.165) is 0 Å². The third-order valence-corrected chi connectivity index (χ3v) is 4.30. The highest BCUT2D eigenvalue weighted by Gasteiger charge is 2.37. The zero-order valence-corrected chi connectivity index (χ0v) is 10.3. The summed E-state index contributed by atoms with van der Waals surface area (Å²) >= 11 is 0. The van der Waals surface area contributed by atoms with Gasteiger partial charge in [0.1, 0.15) is 5.84 Å². The smallest absolute Gasteiger partial charge is 0.101 e. The van der Waals surface area contributed by atoms with E-state index in [1.165, 1.54) is 57.2 Å². The third-order valence-electron chi connectivity index (χ3n) is 4.30. The van der Waals surface area contributed by atoms with E-state index in [9.17, 15) is 0 Å². The van der Waals surface area contributed by atoms with Crippen molar-refractivity contribution in [2.45, 2.75) is 70.4 Å². The van der Waals surface area contributed by atoms with E-state index >= 15 is 0 Å². The first-order valence-electron chi connectivity index (χ1n) is 6.89. The minimum atomic E-state index is 0.608. The average Bonchev–Trinajstić information content (AvgIpc) is 2.66. The van der Waals surface area contributed by atoms with Crippen LogP contribution < -0.4 is 0 Å². The first kappa shape index (κ1) is 10.4. The Morgan fingerprint density at radius 2 is 2.06 bits per heavy atom. The Labute approximate surface area is 98.4 Å². The van der Waals surface area contributed by atoms with Gasteiger partial charge in [0, 0.05) is 5.70 Å². The number of hydrogen-bond acceptors (Lipinski definition) is 2. The molecule has 0 radical (unpaired) electrons. The van der Waals surface area contributed by atoms with E-state index in [0.29, 0.717) is 12.1 Å². The van der Waals surface area contributed by atoms with Crippen LogP contribution in [0.4, 0.5) is 0 Å². The maximum Gasteiger partial charge on any atom is 0.101 e.